The lowest BCUT2D eigenvalue weighted by Crippen LogP contribution is -2.62. The lowest BCUT2D eigenvalue weighted by Gasteiger charge is -2.64. The van der Waals surface area contributed by atoms with E-state index >= 15 is 0 Å². The van der Waals surface area contributed by atoms with Gasteiger partial charge < -0.3 is 24.1 Å². The monoisotopic (exact) mass is 512 g/mol. The quantitative estimate of drug-likeness (QED) is 0.625. The second-order valence-electron chi connectivity index (χ2n) is 13.3. The molecule has 4 saturated carbocycles. The molecule has 1 saturated heterocycles. The fourth-order valence-electron chi connectivity index (χ4n) is 9.79. The van der Waals surface area contributed by atoms with Crippen molar-refractivity contribution in [1.29, 1.82) is 0 Å². The van der Waals surface area contributed by atoms with Gasteiger partial charge in [0.05, 0.1) is 25.1 Å². The molecule has 4 aliphatic carbocycles. The Morgan fingerprint density at radius 1 is 1.03 bits per heavy atom. The molecule has 0 bridgehead atoms. The zero-order valence-electron chi connectivity index (χ0n) is 22.8. The van der Waals surface area contributed by atoms with Crippen molar-refractivity contribution >= 4 is 6.03 Å². The van der Waals surface area contributed by atoms with Gasteiger partial charge in [-0.15, -0.1) is 0 Å². The van der Waals surface area contributed by atoms with Crippen LogP contribution in [-0.2, 0) is 4.74 Å². The van der Waals surface area contributed by atoms with Crippen LogP contribution in [0.15, 0.2) is 27.6 Å². The van der Waals surface area contributed by atoms with Gasteiger partial charge in [-0.05, 0) is 98.5 Å². The molecule has 1 aliphatic heterocycles. The summed E-state index contributed by atoms with van der Waals surface area (Å²) in [6.07, 6.45) is 11.0. The lowest BCUT2D eigenvalue weighted by atomic mass is 9.43. The number of aliphatic hydroxyl groups is 1. The molecule has 204 valence electrons. The molecule has 0 aromatic carbocycles. The first kappa shape index (κ1) is 25.4. The molecular formula is C30H44N2O5. The normalized spacial score (nSPS) is 43.5. The largest absolute Gasteiger partial charge is 0.431 e. The second kappa shape index (κ2) is 9.11. The standard InChI is InChI=1S/C30H44N2O5/c1-28-11-8-22(31(3)27(34)32-14-16-36-17-15-32)18-21(28)5-6-25-24(28)9-12-29(2)23(10-13-30(25,29)35)20-4-7-26(33)37-19-20/h4,7,19,21-25,35H,5-6,8-18H2,1-3H3/t21-,22?,23-,24?,25-,28+,29-,30+/m1/s1. The van der Waals surface area contributed by atoms with Crippen LogP contribution in [0.4, 0.5) is 4.79 Å². The van der Waals surface area contributed by atoms with Gasteiger partial charge in [0.1, 0.15) is 0 Å². The molecule has 0 radical (unpaired) electrons. The molecule has 2 heterocycles. The van der Waals surface area contributed by atoms with Gasteiger partial charge in [-0.1, -0.05) is 13.8 Å². The molecule has 5 aliphatic rings. The van der Waals surface area contributed by atoms with Gasteiger partial charge in [-0.2, -0.15) is 0 Å². The Morgan fingerprint density at radius 3 is 2.54 bits per heavy atom. The van der Waals surface area contributed by atoms with Crippen LogP contribution in [-0.4, -0.2) is 65.9 Å². The van der Waals surface area contributed by atoms with Crippen LogP contribution in [0.1, 0.15) is 83.1 Å². The highest BCUT2D eigenvalue weighted by Gasteiger charge is 2.67. The van der Waals surface area contributed by atoms with Crippen molar-refractivity contribution in [3.63, 3.8) is 0 Å². The fourth-order valence-corrected chi connectivity index (χ4v) is 9.79. The minimum absolute atomic E-state index is 0.155. The first-order chi connectivity index (χ1) is 17.7. The summed E-state index contributed by atoms with van der Waals surface area (Å²) in [5, 5.41) is 12.5. The summed E-state index contributed by atoms with van der Waals surface area (Å²) in [4.78, 5) is 28.7. The summed E-state index contributed by atoms with van der Waals surface area (Å²) >= 11 is 0. The van der Waals surface area contributed by atoms with Crippen molar-refractivity contribution in [2.45, 2.75) is 89.2 Å². The average molecular weight is 513 g/mol. The van der Waals surface area contributed by atoms with Crippen LogP contribution in [0.3, 0.4) is 0 Å². The highest BCUT2D eigenvalue weighted by Crippen LogP contribution is 2.70. The molecule has 37 heavy (non-hydrogen) atoms. The summed E-state index contributed by atoms with van der Waals surface area (Å²) in [6, 6.07) is 3.88. The smallest absolute Gasteiger partial charge is 0.335 e. The number of ether oxygens (including phenoxy) is 1. The van der Waals surface area contributed by atoms with E-state index in [-0.39, 0.29) is 28.4 Å². The third-order valence-electron chi connectivity index (χ3n) is 12.1. The van der Waals surface area contributed by atoms with Crippen molar-refractivity contribution in [3.8, 4) is 0 Å². The van der Waals surface area contributed by atoms with Gasteiger partial charge in [-0.25, -0.2) is 9.59 Å². The van der Waals surface area contributed by atoms with E-state index in [2.05, 4.69) is 13.8 Å². The van der Waals surface area contributed by atoms with Crippen LogP contribution in [0.2, 0.25) is 0 Å². The van der Waals surface area contributed by atoms with E-state index in [0.29, 0.717) is 50.1 Å². The third kappa shape index (κ3) is 3.82. The Bertz CT molecular complexity index is 1060. The first-order valence-electron chi connectivity index (χ1n) is 14.6. The number of rotatable bonds is 2. The summed E-state index contributed by atoms with van der Waals surface area (Å²) in [5.74, 6) is 1.67. The van der Waals surface area contributed by atoms with Crippen LogP contribution >= 0.6 is 0 Å². The molecule has 8 atom stereocenters. The van der Waals surface area contributed by atoms with Crippen LogP contribution in [0.5, 0.6) is 0 Å². The van der Waals surface area contributed by atoms with Crippen molar-refractivity contribution < 1.29 is 19.1 Å². The molecule has 0 spiro atoms. The van der Waals surface area contributed by atoms with E-state index in [1.54, 1.807) is 6.26 Å². The first-order valence-corrected chi connectivity index (χ1v) is 14.6. The van der Waals surface area contributed by atoms with E-state index < -0.39 is 5.60 Å². The molecule has 1 aromatic rings. The zero-order valence-corrected chi connectivity index (χ0v) is 22.8. The number of amides is 2. The minimum Gasteiger partial charge on any atom is -0.431 e. The minimum atomic E-state index is -0.676. The zero-order chi connectivity index (χ0) is 26.0. The van der Waals surface area contributed by atoms with Crippen molar-refractivity contribution in [2.24, 2.45) is 28.6 Å². The maximum absolute atomic E-state index is 13.2. The number of morpholine rings is 1. The maximum Gasteiger partial charge on any atom is 0.335 e. The summed E-state index contributed by atoms with van der Waals surface area (Å²) in [5.41, 5.74) is 0.0933. The fraction of sp³-hybridized carbons (Fsp3) is 0.800. The molecule has 1 aromatic heterocycles. The second-order valence-corrected chi connectivity index (χ2v) is 13.3. The predicted octanol–water partition coefficient (Wildman–Crippen LogP) is 4.63. The Hall–Kier alpha value is -1.86. The van der Waals surface area contributed by atoms with Gasteiger partial charge in [0.15, 0.2) is 0 Å². The number of hydrogen-bond acceptors (Lipinski definition) is 5. The van der Waals surface area contributed by atoms with E-state index in [1.165, 1.54) is 6.07 Å². The highest BCUT2D eigenvalue weighted by atomic mass is 16.5. The van der Waals surface area contributed by atoms with Crippen molar-refractivity contribution in [2.75, 3.05) is 33.4 Å². The van der Waals surface area contributed by atoms with Crippen LogP contribution in [0.25, 0.3) is 0 Å². The Labute approximate surface area is 220 Å². The molecular weight excluding hydrogens is 468 g/mol. The van der Waals surface area contributed by atoms with Gasteiger partial charge >= 0.3 is 11.7 Å². The highest BCUT2D eigenvalue weighted by molar-refractivity contribution is 5.74. The summed E-state index contributed by atoms with van der Waals surface area (Å²) in [6.45, 7) is 7.44. The predicted molar refractivity (Wildman–Crippen MR) is 140 cm³/mol. The molecule has 2 amide bonds. The molecule has 5 fully saturated rings. The lowest BCUT2D eigenvalue weighted by molar-refractivity contribution is -0.203. The Kier molecular flexibility index (Phi) is 6.26. The topological polar surface area (TPSA) is 83.2 Å². The van der Waals surface area contributed by atoms with Gasteiger partial charge in [0.2, 0.25) is 0 Å². The average Bonchev–Trinajstić information content (AvgIpc) is 3.19. The van der Waals surface area contributed by atoms with E-state index in [4.69, 9.17) is 9.15 Å². The van der Waals surface area contributed by atoms with Crippen LogP contribution in [0, 0.1) is 28.6 Å². The maximum atomic E-state index is 13.2. The molecule has 7 nitrogen and oxygen atoms in total. The SMILES string of the molecule is CN(C(=O)N1CCOCC1)C1CC[C@]2(C)C3CC[C@]4(C)[C@@H](c5ccc(=O)oc5)CC[C@]4(O)[C@@H]3CC[C@@H]2C1. The van der Waals surface area contributed by atoms with Gasteiger partial charge in [-0.3, -0.25) is 0 Å². The molecule has 7 heteroatoms. The number of urea groups is 1. The summed E-state index contributed by atoms with van der Waals surface area (Å²) in [7, 11) is 2.00. The summed E-state index contributed by atoms with van der Waals surface area (Å²) < 4.78 is 10.7. The number of carbonyl (C=O) groups excluding carboxylic acids is 1. The van der Waals surface area contributed by atoms with Crippen molar-refractivity contribution in [1.82, 2.24) is 9.80 Å². The number of carbonyl (C=O) groups is 1. The molecule has 2 unspecified atom stereocenters. The van der Waals surface area contributed by atoms with E-state index in [9.17, 15) is 14.7 Å². The van der Waals surface area contributed by atoms with Gasteiger partial charge in [0.25, 0.3) is 0 Å². The Balaban J connectivity index is 1.19. The number of fused-ring (bicyclic) bond motifs is 5. The Morgan fingerprint density at radius 2 is 1.81 bits per heavy atom. The van der Waals surface area contributed by atoms with Crippen molar-refractivity contribution in [3.05, 3.63) is 34.4 Å². The van der Waals surface area contributed by atoms with Gasteiger partial charge in [0, 0.05) is 37.7 Å². The van der Waals surface area contributed by atoms with Crippen LogP contribution < -0.4 is 5.63 Å². The van der Waals surface area contributed by atoms with E-state index in [1.807, 2.05) is 22.9 Å². The number of hydrogen-bond donors (Lipinski definition) is 1. The molecule has 6 rings (SSSR count). The number of nitrogens with zero attached hydrogens (tertiary/aromatic N) is 2. The third-order valence-corrected chi connectivity index (χ3v) is 12.1. The van der Waals surface area contributed by atoms with E-state index in [0.717, 1.165) is 63.4 Å². The molecule has 1 N–H and O–H groups in total.